The lowest BCUT2D eigenvalue weighted by molar-refractivity contribution is 0.474. The van der Waals surface area contributed by atoms with Crippen molar-refractivity contribution < 1.29 is 5.11 Å². The molecule has 0 fully saturated rings. The summed E-state index contributed by atoms with van der Waals surface area (Å²) < 4.78 is 1.19. The monoisotopic (exact) mass is 417 g/mol. The Labute approximate surface area is 148 Å². The van der Waals surface area contributed by atoms with Crippen molar-refractivity contribution in [2.24, 2.45) is 5.84 Å². The summed E-state index contributed by atoms with van der Waals surface area (Å²) >= 11 is 2.29. The minimum Gasteiger partial charge on any atom is -0.507 e. The number of anilines is 1. The fourth-order valence-electron chi connectivity index (χ4n) is 2.27. The summed E-state index contributed by atoms with van der Waals surface area (Å²) in [5.41, 5.74) is 3.27. The van der Waals surface area contributed by atoms with Gasteiger partial charge in [0.1, 0.15) is 5.75 Å². The number of phenolic OH excluding ortho intramolecular Hbond substituents is 1. The van der Waals surface area contributed by atoms with Crippen molar-refractivity contribution in [1.29, 1.82) is 0 Å². The van der Waals surface area contributed by atoms with Gasteiger partial charge in [-0.25, -0.2) is 10.8 Å². The Morgan fingerprint density at radius 3 is 2.65 bits per heavy atom. The van der Waals surface area contributed by atoms with Gasteiger partial charge in [-0.1, -0.05) is 6.07 Å². The molecule has 5 heteroatoms. The van der Waals surface area contributed by atoms with Crippen LogP contribution in [0, 0.1) is 3.57 Å². The zero-order valence-electron chi connectivity index (χ0n) is 12.6. The first kappa shape index (κ1) is 15.8. The maximum atomic E-state index is 10.1. The lowest BCUT2D eigenvalue weighted by Gasteiger charge is -2.12. The summed E-state index contributed by atoms with van der Waals surface area (Å²) in [6, 6.07) is 15.5. The van der Waals surface area contributed by atoms with Gasteiger partial charge in [-0.2, -0.15) is 0 Å². The van der Waals surface area contributed by atoms with Gasteiger partial charge in [0.15, 0.2) is 0 Å². The smallest absolute Gasteiger partial charge is 0.124 e. The SMILES string of the molecule is CN(N)c1ccc(/C=C/c2ccc3cc(I)ccc3n2)c(O)c1. The van der Waals surface area contributed by atoms with Crippen LogP contribution in [-0.4, -0.2) is 17.1 Å². The largest absolute Gasteiger partial charge is 0.507 e. The first-order valence-electron chi connectivity index (χ1n) is 7.09. The molecule has 0 bridgehead atoms. The molecule has 1 heterocycles. The van der Waals surface area contributed by atoms with Gasteiger partial charge in [0.2, 0.25) is 0 Å². The van der Waals surface area contributed by atoms with Crippen LogP contribution in [0.4, 0.5) is 5.69 Å². The third-order valence-electron chi connectivity index (χ3n) is 3.53. The number of hydrogen-bond acceptors (Lipinski definition) is 4. The number of pyridine rings is 1. The molecule has 3 N–H and O–H groups in total. The summed E-state index contributed by atoms with van der Waals surface area (Å²) in [5.74, 6) is 5.84. The number of hydrogen-bond donors (Lipinski definition) is 2. The van der Waals surface area contributed by atoms with Gasteiger partial charge in [-0.15, -0.1) is 0 Å². The molecule has 3 aromatic rings. The quantitative estimate of drug-likeness (QED) is 0.384. The zero-order chi connectivity index (χ0) is 16.4. The van der Waals surface area contributed by atoms with Gasteiger partial charge in [0, 0.05) is 27.6 Å². The Balaban J connectivity index is 1.89. The Morgan fingerprint density at radius 1 is 1.09 bits per heavy atom. The summed E-state index contributed by atoms with van der Waals surface area (Å²) in [5, 5.41) is 12.6. The van der Waals surface area contributed by atoms with Gasteiger partial charge < -0.3 is 10.1 Å². The number of aromatic nitrogens is 1. The van der Waals surface area contributed by atoms with Crippen molar-refractivity contribution in [2.75, 3.05) is 12.1 Å². The highest BCUT2D eigenvalue weighted by Gasteiger charge is 2.02. The van der Waals surface area contributed by atoms with Crippen LogP contribution in [-0.2, 0) is 0 Å². The van der Waals surface area contributed by atoms with Gasteiger partial charge in [-0.3, -0.25) is 0 Å². The number of rotatable bonds is 3. The number of hydrazine groups is 1. The Morgan fingerprint density at radius 2 is 1.91 bits per heavy atom. The van der Waals surface area contributed by atoms with Crippen LogP contribution in [0.1, 0.15) is 11.3 Å². The van der Waals surface area contributed by atoms with Crippen molar-refractivity contribution in [1.82, 2.24) is 4.98 Å². The van der Waals surface area contributed by atoms with E-state index in [1.807, 2.05) is 42.5 Å². The molecule has 4 nitrogen and oxygen atoms in total. The van der Waals surface area contributed by atoms with Crippen LogP contribution in [0.5, 0.6) is 5.75 Å². The Kier molecular flexibility index (Phi) is 4.49. The molecule has 0 atom stereocenters. The molecule has 0 amide bonds. The van der Waals surface area contributed by atoms with Crippen LogP contribution in [0.25, 0.3) is 23.1 Å². The van der Waals surface area contributed by atoms with Crippen LogP contribution in [0.15, 0.2) is 48.5 Å². The van der Waals surface area contributed by atoms with Crippen molar-refractivity contribution in [3.8, 4) is 5.75 Å². The highest BCUT2D eigenvalue weighted by molar-refractivity contribution is 14.1. The summed E-state index contributed by atoms with van der Waals surface area (Å²) in [4.78, 5) is 4.61. The average Bonchev–Trinajstić information content (AvgIpc) is 2.53. The predicted octanol–water partition coefficient (Wildman–Crippen LogP) is 4.03. The van der Waals surface area contributed by atoms with Crippen molar-refractivity contribution in [3.05, 3.63) is 63.4 Å². The molecule has 2 aromatic carbocycles. The molecule has 0 unspecified atom stereocenters. The third kappa shape index (κ3) is 3.62. The van der Waals surface area contributed by atoms with E-state index in [1.54, 1.807) is 13.1 Å². The topological polar surface area (TPSA) is 62.4 Å². The van der Waals surface area contributed by atoms with Crippen LogP contribution < -0.4 is 10.9 Å². The Bertz CT molecular complexity index is 891. The van der Waals surface area contributed by atoms with Crippen LogP contribution >= 0.6 is 22.6 Å². The maximum absolute atomic E-state index is 10.1. The maximum Gasteiger partial charge on any atom is 0.124 e. The van der Waals surface area contributed by atoms with Gasteiger partial charge in [0.05, 0.1) is 16.9 Å². The second-order valence-corrected chi connectivity index (χ2v) is 6.51. The number of nitrogens with zero attached hydrogens (tertiary/aromatic N) is 2. The number of phenols is 1. The van der Waals surface area contributed by atoms with E-state index in [1.165, 1.54) is 8.58 Å². The van der Waals surface area contributed by atoms with Crippen molar-refractivity contribution in [3.63, 3.8) is 0 Å². The van der Waals surface area contributed by atoms with Gasteiger partial charge in [-0.05, 0) is 71.1 Å². The predicted molar refractivity (Wildman–Crippen MR) is 104 cm³/mol. The van der Waals surface area contributed by atoms with Crippen LogP contribution in [0.3, 0.4) is 0 Å². The van der Waals surface area contributed by atoms with Gasteiger partial charge in [0.25, 0.3) is 0 Å². The second-order valence-electron chi connectivity index (χ2n) is 5.26. The van der Waals surface area contributed by atoms with E-state index in [-0.39, 0.29) is 5.75 Å². The summed E-state index contributed by atoms with van der Waals surface area (Å²) in [6.45, 7) is 0. The number of nitrogens with two attached hydrogens (primary N) is 1. The standard InChI is InChI=1S/C18H16IN3O/c1-22(20)16-8-4-12(18(23)11-16)2-6-15-7-3-13-10-14(19)5-9-17(13)21-15/h2-11,23H,20H2,1H3/b6-2+. The first-order valence-corrected chi connectivity index (χ1v) is 8.17. The molecular formula is C18H16IN3O. The van der Waals surface area contributed by atoms with Crippen LogP contribution in [0.2, 0.25) is 0 Å². The summed E-state index contributed by atoms with van der Waals surface area (Å²) in [7, 11) is 1.73. The lowest BCUT2D eigenvalue weighted by Crippen LogP contribution is -2.24. The van der Waals surface area contributed by atoms with Crippen molar-refractivity contribution in [2.45, 2.75) is 0 Å². The van der Waals surface area contributed by atoms with Crippen molar-refractivity contribution >= 4 is 51.3 Å². The molecule has 0 saturated heterocycles. The molecule has 116 valence electrons. The number of benzene rings is 2. The van der Waals surface area contributed by atoms with E-state index >= 15 is 0 Å². The lowest BCUT2D eigenvalue weighted by atomic mass is 10.1. The highest BCUT2D eigenvalue weighted by Crippen LogP contribution is 2.25. The van der Waals surface area contributed by atoms with E-state index in [4.69, 9.17) is 5.84 Å². The van der Waals surface area contributed by atoms with E-state index < -0.39 is 0 Å². The first-order chi connectivity index (χ1) is 11.0. The molecule has 1 aromatic heterocycles. The normalized spacial score (nSPS) is 11.3. The van der Waals surface area contributed by atoms with Gasteiger partial charge >= 0.3 is 0 Å². The minimum atomic E-state index is 0.186. The molecule has 23 heavy (non-hydrogen) atoms. The molecular weight excluding hydrogens is 401 g/mol. The fourth-order valence-corrected chi connectivity index (χ4v) is 2.79. The highest BCUT2D eigenvalue weighted by atomic mass is 127. The molecule has 0 aliphatic carbocycles. The number of aromatic hydroxyl groups is 1. The minimum absolute atomic E-state index is 0.186. The number of fused-ring (bicyclic) bond motifs is 1. The summed E-state index contributed by atoms with van der Waals surface area (Å²) in [6.07, 6.45) is 3.73. The third-order valence-corrected chi connectivity index (χ3v) is 4.20. The average molecular weight is 417 g/mol. The second kappa shape index (κ2) is 6.55. The van der Waals surface area contributed by atoms with E-state index in [2.05, 4.69) is 39.7 Å². The fraction of sp³-hybridized carbons (Fsp3) is 0.0556. The number of halogens is 1. The molecule has 0 radical (unpaired) electrons. The molecule has 0 aliphatic heterocycles. The molecule has 0 saturated carbocycles. The molecule has 3 rings (SSSR count). The zero-order valence-corrected chi connectivity index (χ0v) is 14.7. The molecule has 0 aliphatic rings. The van der Waals surface area contributed by atoms with E-state index in [0.29, 0.717) is 0 Å². The Hall–Kier alpha value is -2.12. The van der Waals surface area contributed by atoms with E-state index in [0.717, 1.165) is 27.8 Å². The van der Waals surface area contributed by atoms with E-state index in [9.17, 15) is 5.11 Å². The molecule has 0 spiro atoms.